The van der Waals surface area contributed by atoms with E-state index in [-0.39, 0.29) is 0 Å². The molecule has 0 aromatic carbocycles. The van der Waals surface area contributed by atoms with Gasteiger partial charge in [-0.05, 0) is 72.8 Å². The van der Waals surface area contributed by atoms with Crippen LogP contribution in [-0.4, -0.2) is 13.6 Å². The van der Waals surface area contributed by atoms with Crippen molar-refractivity contribution in [2.24, 2.45) is 11.8 Å². The summed E-state index contributed by atoms with van der Waals surface area (Å²) in [7, 11) is 2.08. The molecule has 0 amide bonds. The number of hydrogen-bond donors (Lipinski definition) is 1. The minimum atomic E-state index is 0.889. The minimum absolute atomic E-state index is 0.889. The quantitative estimate of drug-likeness (QED) is 0.883. The van der Waals surface area contributed by atoms with E-state index in [1.54, 1.807) is 4.88 Å². The molecule has 1 aliphatic carbocycles. The maximum absolute atomic E-state index is 3.55. The van der Waals surface area contributed by atoms with E-state index in [9.17, 15) is 0 Å². The standard InChI is InChI=1S/C13H20BrNS/c1-15-9-11-5-3-2-4-10(11)8-12-6-7-13(14)16-12/h6-7,10-11,15H,2-5,8-9H2,1H3. The molecule has 16 heavy (non-hydrogen) atoms. The highest BCUT2D eigenvalue weighted by atomic mass is 79.9. The number of halogens is 1. The molecular weight excluding hydrogens is 282 g/mol. The van der Waals surface area contributed by atoms with E-state index in [0.29, 0.717) is 0 Å². The lowest BCUT2D eigenvalue weighted by Gasteiger charge is -2.31. The zero-order valence-electron chi connectivity index (χ0n) is 9.84. The van der Waals surface area contributed by atoms with E-state index < -0.39 is 0 Å². The summed E-state index contributed by atoms with van der Waals surface area (Å²) >= 11 is 5.45. The zero-order valence-corrected chi connectivity index (χ0v) is 12.2. The Hall–Kier alpha value is 0.140. The summed E-state index contributed by atoms with van der Waals surface area (Å²) in [6, 6.07) is 4.45. The molecule has 1 aromatic heterocycles. The van der Waals surface area contributed by atoms with Crippen LogP contribution in [0.15, 0.2) is 15.9 Å². The van der Waals surface area contributed by atoms with Crippen LogP contribution in [0.25, 0.3) is 0 Å². The van der Waals surface area contributed by atoms with Crippen LogP contribution in [0.1, 0.15) is 30.6 Å². The van der Waals surface area contributed by atoms with Crippen molar-refractivity contribution in [1.82, 2.24) is 5.32 Å². The highest BCUT2D eigenvalue weighted by molar-refractivity contribution is 9.11. The van der Waals surface area contributed by atoms with Crippen molar-refractivity contribution in [3.8, 4) is 0 Å². The van der Waals surface area contributed by atoms with E-state index in [4.69, 9.17) is 0 Å². The molecule has 1 aliphatic rings. The second kappa shape index (κ2) is 6.18. The molecule has 0 radical (unpaired) electrons. The second-order valence-electron chi connectivity index (χ2n) is 4.77. The number of rotatable bonds is 4. The van der Waals surface area contributed by atoms with Gasteiger partial charge < -0.3 is 5.32 Å². The van der Waals surface area contributed by atoms with E-state index >= 15 is 0 Å². The molecule has 0 saturated heterocycles. The molecule has 2 rings (SSSR count). The number of hydrogen-bond acceptors (Lipinski definition) is 2. The Labute approximate surface area is 111 Å². The molecule has 2 unspecified atom stereocenters. The summed E-state index contributed by atoms with van der Waals surface area (Å²) in [5, 5.41) is 3.35. The summed E-state index contributed by atoms with van der Waals surface area (Å²) in [5.41, 5.74) is 0. The number of nitrogens with one attached hydrogen (secondary N) is 1. The third-order valence-corrected chi connectivity index (χ3v) is 5.27. The van der Waals surface area contributed by atoms with E-state index in [0.717, 1.165) is 11.8 Å². The molecular formula is C13H20BrNS. The van der Waals surface area contributed by atoms with Crippen LogP contribution in [0.3, 0.4) is 0 Å². The predicted octanol–water partition coefficient (Wildman–Crippen LogP) is 4.08. The van der Waals surface area contributed by atoms with Crippen molar-refractivity contribution in [2.75, 3.05) is 13.6 Å². The van der Waals surface area contributed by atoms with Crippen molar-refractivity contribution in [3.63, 3.8) is 0 Å². The lowest BCUT2D eigenvalue weighted by molar-refractivity contribution is 0.233. The predicted molar refractivity (Wildman–Crippen MR) is 75.1 cm³/mol. The molecule has 1 aromatic rings. The van der Waals surface area contributed by atoms with Crippen molar-refractivity contribution < 1.29 is 0 Å². The highest BCUT2D eigenvalue weighted by Gasteiger charge is 2.24. The molecule has 1 saturated carbocycles. The fraction of sp³-hybridized carbons (Fsp3) is 0.692. The first-order valence-electron chi connectivity index (χ1n) is 6.18. The van der Waals surface area contributed by atoms with Crippen molar-refractivity contribution in [2.45, 2.75) is 32.1 Å². The van der Waals surface area contributed by atoms with Gasteiger partial charge in [0.15, 0.2) is 0 Å². The van der Waals surface area contributed by atoms with Gasteiger partial charge in [-0.1, -0.05) is 12.8 Å². The van der Waals surface area contributed by atoms with Crippen LogP contribution >= 0.6 is 27.3 Å². The lowest BCUT2D eigenvalue weighted by atomic mass is 9.77. The van der Waals surface area contributed by atoms with Gasteiger partial charge in [-0.25, -0.2) is 0 Å². The molecule has 1 N–H and O–H groups in total. The van der Waals surface area contributed by atoms with Gasteiger partial charge >= 0.3 is 0 Å². The SMILES string of the molecule is CNCC1CCCCC1Cc1ccc(Br)s1. The maximum Gasteiger partial charge on any atom is 0.0701 e. The Morgan fingerprint density at radius 1 is 1.31 bits per heavy atom. The lowest BCUT2D eigenvalue weighted by Crippen LogP contribution is -2.29. The van der Waals surface area contributed by atoms with Crippen LogP contribution < -0.4 is 5.32 Å². The fourth-order valence-electron chi connectivity index (χ4n) is 2.80. The van der Waals surface area contributed by atoms with Crippen LogP contribution in [0.2, 0.25) is 0 Å². The Kier molecular flexibility index (Phi) is 4.86. The van der Waals surface area contributed by atoms with Crippen LogP contribution in [0.5, 0.6) is 0 Å². The van der Waals surface area contributed by atoms with Crippen molar-refractivity contribution >= 4 is 27.3 Å². The van der Waals surface area contributed by atoms with Gasteiger partial charge in [-0.15, -0.1) is 11.3 Å². The zero-order chi connectivity index (χ0) is 11.4. The summed E-state index contributed by atoms with van der Waals surface area (Å²) in [4.78, 5) is 1.54. The second-order valence-corrected chi connectivity index (χ2v) is 7.32. The Morgan fingerprint density at radius 3 is 2.69 bits per heavy atom. The van der Waals surface area contributed by atoms with Gasteiger partial charge in [0.2, 0.25) is 0 Å². The van der Waals surface area contributed by atoms with Gasteiger partial charge in [0.05, 0.1) is 3.79 Å². The molecule has 2 atom stereocenters. The monoisotopic (exact) mass is 301 g/mol. The summed E-state index contributed by atoms with van der Waals surface area (Å²) in [6.07, 6.45) is 6.97. The van der Waals surface area contributed by atoms with Gasteiger partial charge in [0.25, 0.3) is 0 Å². The average Bonchev–Trinajstić information content (AvgIpc) is 2.67. The normalized spacial score (nSPS) is 25.9. The van der Waals surface area contributed by atoms with E-state index in [2.05, 4.69) is 40.4 Å². The third-order valence-electron chi connectivity index (χ3n) is 3.63. The third kappa shape index (κ3) is 3.31. The smallest absolute Gasteiger partial charge is 0.0701 e. The first-order valence-corrected chi connectivity index (χ1v) is 7.79. The number of thiophene rings is 1. The van der Waals surface area contributed by atoms with Gasteiger partial charge in [-0.3, -0.25) is 0 Å². The van der Waals surface area contributed by atoms with Gasteiger partial charge in [0, 0.05) is 4.88 Å². The van der Waals surface area contributed by atoms with E-state index in [1.165, 1.54) is 42.4 Å². The Morgan fingerprint density at radius 2 is 2.06 bits per heavy atom. The molecule has 1 nitrogen and oxygen atoms in total. The highest BCUT2D eigenvalue weighted by Crippen LogP contribution is 2.34. The molecule has 1 heterocycles. The topological polar surface area (TPSA) is 12.0 Å². The Balaban J connectivity index is 1.95. The largest absolute Gasteiger partial charge is 0.319 e. The molecule has 90 valence electrons. The van der Waals surface area contributed by atoms with Crippen LogP contribution in [0.4, 0.5) is 0 Å². The molecule has 1 fully saturated rings. The molecule has 0 aliphatic heterocycles. The molecule has 0 bridgehead atoms. The van der Waals surface area contributed by atoms with Crippen molar-refractivity contribution in [1.29, 1.82) is 0 Å². The Bertz CT molecular complexity index is 321. The molecule has 3 heteroatoms. The summed E-state index contributed by atoms with van der Waals surface area (Å²) < 4.78 is 1.27. The fourth-order valence-corrected chi connectivity index (χ4v) is 4.38. The van der Waals surface area contributed by atoms with Crippen LogP contribution in [-0.2, 0) is 6.42 Å². The maximum atomic E-state index is 3.55. The summed E-state index contributed by atoms with van der Waals surface area (Å²) in [5.74, 6) is 1.78. The van der Waals surface area contributed by atoms with Gasteiger partial charge in [0.1, 0.15) is 0 Å². The van der Waals surface area contributed by atoms with Crippen LogP contribution in [0, 0.1) is 11.8 Å². The van der Waals surface area contributed by atoms with Gasteiger partial charge in [-0.2, -0.15) is 0 Å². The molecule has 0 spiro atoms. The average molecular weight is 302 g/mol. The minimum Gasteiger partial charge on any atom is -0.319 e. The van der Waals surface area contributed by atoms with Crippen molar-refractivity contribution in [3.05, 3.63) is 20.8 Å². The summed E-state index contributed by atoms with van der Waals surface area (Å²) in [6.45, 7) is 1.19. The first-order chi connectivity index (χ1) is 7.79. The van der Waals surface area contributed by atoms with E-state index in [1.807, 2.05) is 11.3 Å². The first kappa shape index (κ1) is 12.6.